The maximum atomic E-state index is 12.2. The van der Waals surface area contributed by atoms with Gasteiger partial charge in [0.1, 0.15) is 0 Å². The van der Waals surface area contributed by atoms with Gasteiger partial charge in [-0.3, -0.25) is 4.79 Å². The number of hydrogen-bond acceptors (Lipinski definition) is 1. The summed E-state index contributed by atoms with van der Waals surface area (Å²) in [6.07, 6.45) is 1.05. The van der Waals surface area contributed by atoms with E-state index in [1.54, 1.807) is 12.1 Å². The monoisotopic (exact) mass is 357 g/mol. The number of amides is 1. The van der Waals surface area contributed by atoms with Gasteiger partial charge in [-0.25, -0.2) is 0 Å². The molecular formula is C20H17Cl2NO. The van der Waals surface area contributed by atoms with E-state index in [2.05, 4.69) is 17.4 Å². The zero-order chi connectivity index (χ0) is 16.9. The maximum Gasteiger partial charge on any atom is 0.224 e. The van der Waals surface area contributed by atoms with Crippen LogP contribution in [-0.4, -0.2) is 12.5 Å². The molecule has 0 saturated heterocycles. The molecule has 0 spiro atoms. The number of carbonyl (C=O) groups is 1. The molecule has 0 bridgehead atoms. The Labute approximate surface area is 151 Å². The molecule has 0 aliphatic carbocycles. The van der Waals surface area contributed by atoms with Gasteiger partial charge in [0.25, 0.3) is 0 Å². The van der Waals surface area contributed by atoms with Gasteiger partial charge in [-0.2, -0.15) is 0 Å². The fourth-order valence-corrected chi connectivity index (χ4v) is 3.25. The Hall–Kier alpha value is -2.03. The zero-order valence-corrected chi connectivity index (χ0v) is 14.6. The van der Waals surface area contributed by atoms with E-state index in [1.807, 2.05) is 36.4 Å². The van der Waals surface area contributed by atoms with Crippen LogP contribution in [0.3, 0.4) is 0 Å². The average molecular weight is 358 g/mol. The molecule has 0 fully saturated rings. The second-order valence-corrected chi connectivity index (χ2v) is 6.49. The highest BCUT2D eigenvalue weighted by molar-refractivity contribution is 6.35. The molecule has 1 N–H and O–H groups in total. The number of benzene rings is 3. The van der Waals surface area contributed by atoms with Gasteiger partial charge in [-0.05, 0) is 40.5 Å². The Kier molecular flexibility index (Phi) is 5.39. The predicted molar refractivity (Wildman–Crippen MR) is 101 cm³/mol. The summed E-state index contributed by atoms with van der Waals surface area (Å²) < 4.78 is 0. The largest absolute Gasteiger partial charge is 0.355 e. The van der Waals surface area contributed by atoms with E-state index < -0.39 is 0 Å². The molecule has 0 saturated carbocycles. The van der Waals surface area contributed by atoms with Gasteiger partial charge in [0.15, 0.2) is 0 Å². The van der Waals surface area contributed by atoms with Crippen LogP contribution in [0.4, 0.5) is 0 Å². The average Bonchev–Trinajstić information content (AvgIpc) is 2.57. The van der Waals surface area contributed by atoms with Crippen LogP contribution in [0.15, 0.2) is 60.7 Å². The summed E-state index contributed by atoms with van der Waals surface area (Å²) in [5.41, 5.74) is 2.02. The van der Waals surface area contributed by atoms with E-state index >= 15 is 0 Å². The van der Waals surface area contributed by atoms with Gasteiger partial charge in [-0.1, -0.05) is 71.7 Å². The van der Waals surface area contributed by atoms with Crippen molar-refractivity contribution in [1.82, 2.24) is 5.32 Å². The predicted octanol–water partition coefficient (Wildman–Crippen LogP) is 5.05. The van der Waals surface area contributed by atoms with Crippen molar-refractivity contribution in [2.24, 2.45) is 0 Å². The molecule has 0 radical (unpaired) electrons. The molecule has 3 aromatic carbocycles. The minimum atomic E-state index is 0.0106. The van der Waals surface area contributed by atoms with Crippen molar-refractivity contribution in [3.8, 4) is 0 Å². The number of nitrogens with one attached hydrogen (secondary N) is 1. The first-order valence-electron chi connectivity index (χ1n) is 7.81. The Bertz CT molecular complexity index is 871. The van der Waals surface area contributed by atoms with Crippen molar-refractivity contribution >= 4 is 39.9 Å². The molecule has 4 heteroatoms. The minimum absolute atomic E-state index is 0.0106. The van der Waals surface area contributed by atoms with Crippen LogP contribution in [0, 0.1) is 0 Å². The van der Waals surface area contributed by atoms with Crippen molar-refractivity contribution < 1.29 is 4.79 Å². The van der Waals surface area contributed by atoms with Crippen molar-refractivity contribution in [2.45, 2.75) is 12.8 Å². The first-order chi connectivity index (χ1) is 11.6. The standard InChI is InChI=1S/C20H17Cl2NO/c21-17-9-8-15(19(22)13-17)10-11-23-20(24)12-16-6-3-5-14-4-1-2-7-18(14)16/h1-9,13H,10-12H2,(H,23,24). The first kappa shape index (κ1) is 16.8. The summed E-state index contributed by atoms with van der Waals surface area (Å²) in [5.74, 6) is 0.0106. The summed E-state index contributed by atoms with van der Waals surface area (Å²) >= 11 is 12.0. The Morgan fingerprint density at radius 1 is 0.917 bits per heavy atom. The van der Waals surface area contributed by atoms with Crippen molar-refractivity contribution in [1.29, 1.82) is 0 Å². The smallest absolute Gasteiger partial charge is 0.224 e. The third kappa shape index (κ3) is 4.08. The molecule has 0 aliphatic heterocycles. The zero-order valence-electron chi connectivity index (χ0n) is 13.1. The second-order valence-electron chi connectivity index (χ2n) is 5.65. The van der Waals surface area contributed by atoms with E-state index in [0.717, 1.165) is 21.9 Å². The maximum absolute atomic E-state index is 12.2. The number of rotatable bonds is 5. The van der Waals surface area contributed by atoms with Crippen LogP contribution in [0.1, 0.15) is 11.1 Å². The quantitative estimate of drug-likeness (QED) is 0.680. The van der Waals surface area contributed by atoms with Crippen molar-refractivity contribution in [2.75, 3.05) is 6.54 Å². The van der Waals surface area contributed by atoms with E-state index in [-0.39, 0.29) is 5.91 Å². The van der Waals surface area contributed by atoms with E-state index in [0.29, 0.717) is 29.4 Å². The van der Waals surface area contributed by atoms with Gasteiger partial charge in [0.05, 0.1) is 6.42 Å². The molecule has 0 aromatic heterocycles. The summed E-state index contributed by atoms with van der Waals surface area (Å²) in [7, 11) is 0. The second kappa shape index (κ2) is 7.69. The molecule has 0 unspecified atom stereocenters. The molecule has 0 aliphatic rings. The van der Waals surface area contributed by atoms with E-state index in [4.69, 9.17) is 23.2 Å². The first-order valence-corrected chi connectivity index (χ1v) is 8.56. The van der Waals surface area contributed by atoms with Crippen LogP contribution >= 0.6 is 23.2 Å². The molecule has 0 heterocycles. The fourth-order valence-electron chi connectivity index (χ4n) is 2.74. The Morgan fingerprint density at radius 3 is 2.54 bits per heavy atom. The molecule has 3 aromatic rings. The van der Waals surface area contributed by atoms with Gasteiger partial charge >= 0.3 is 0 Å². The van der Waals surface area contributed by atoms with Crippen LogP contribution in [0.2, 0.25) is 10.0 Å². The minimum Gasteiger partial charge on any atom is -0.355 e. The molecule has 2 nitrogen and oxygen atoms in total. The summed E-state index contributed by atoms with van der Waals surface area (Å²) in [5, 5.41) is 6.47. The fraction of sp³-hybridized carbons (Fsp3) is 0.150. The van der Waals surface area contributed by atoms with Crippen molar-refractivity contribution in [3.63, 3.8) is 0 Å². The highest BCUT2D eigenvalue weighted by atomic mass is 35.5. The number of hydrogen-bond donors (Lipinski definition) is 1. The molecular weight excluding hydrogens is 341 g/mol. The third-order valence-corrected chi connectivity index (χ3v) is 4.55. The Balaban J connectivity index is 1.59. The van der Waals surface area contributed by atoms with Crippen LogP contribution in [0.25, 0.3) is 10.8 Å². The lowest BCUT2D eigenvalue weighted by Gasteiger charge is -2.09. The number of halogens is 2. The number of fused-ring (bicyclic) bond motifs is 1. The summed E-state index contributed by atoms with van der Waals surface area (Å²) in [6.45, 7) is 0.547. The van der Waals surface area contributed by atoms with Crippen LogP contribution in [0.5, 0.6) is 0 Å². The molecule has 1 amide bonds. The molecule has 0 atom stereocenters. The summed E-state index contributed by atoms with van der Waals surface area (Å²) in [4.78, 5) is 12.2. The highest BCUT2D eigenvalue weighted by Crippen LogP contribution is 2.21. The highest BCUT2D eigenvalue weighted by Gasteiger charge is 2.07. The SMILES string of the molecule is O=C(Cc1cccc2ccccc12)NCCc1ccc(Cl)cc1Cl. The van der Waals surface area contributed by atoms with Crippen LogP contribution < -0.4 is 5.32 Å². The lowest BCUT2D eigenvalue weighted by Crippen LogP contribution is -2.27. The van der Waals surface area contributed by atoms with E-state index in [9.17, 15) is 4.79 Å². The topological polar surface area (TPSA) is 29.1 Å². The van der Waals surface area contributed by atoms with Gasteiger partial charge in [-0.15, -0.1) is 0 Å². The molecule has 3 rings (SSSR count). The Morgan fingerprint density at radius 2 is 1.71 bits per heavy atom. The molecule has 24 heavy (non-hydrogen) atoms. The number of carbonyl (C=O) groups excluding carboxylic acids is 1. The van der Waals surface area contributed by atoms with E-state index in [1.165, 1.54) is 0 Å². The van der Waals surface area contributed by atoms with Crippen molar-refractivity contribution in [3.05, 3.63) is 81.8 Å². The van der Waals surface area contributed by atoms with Gasteiger partial charge in [0.2, 0.25) is 5.91 Å². The lowest BCUT2D eigenvalue weighted by molar-refractivity contribution is -0.120. The third-order valence-electron chi connectivity index (χ3n) is 3.96. The molecule has 122 valence electrons. The lowest BCUT2D eigenvalue weighted by atomic mass is 10.0. The van der Waals surface area contributed by atoms with Gasteiger partial charge in [0, 0.05) is 16.6 Å². The van der Waals surface area contributed by atoms with Gasteiger partial charge < -0.3 is 5.32 Å². The van der Waals surface area contributed by atoms with Crippen LogP contribution in [-0.2, 0) is 17.6 Å². The normalized spacial score (nSPS) is 10.8. The summed E-state index contributed by atoms with van der Waals surface area (Å²) in [6, 6.07) is 19.5.